The Morgan fingerprint density at radius 3 is 2.60 bits per heavy atom. The summed E-state index contributed by atoms with van der Waals surface area (Å²) in [5.41, 5.74) is 1.72. The van der Waals surface area contributed by atoms with Gasteiger partial charge in [-0.2, -0.15) is 0 Å². The van der Waals surface area contributed by atoms with Crippen molar-refractivity contribution in [2.75, 3.05) is 11.4 Å². The molecule has 130 valence electrons. The molecule has 1 aliphatic heterocycles. The highest BCUT2D eigenvalue weighted by Gasteiger charge is 2.26. The van der Waals surface area contributed by atoms with E-state index in [1.165, 1.54) is 12.1 Å². The molecule has 1 N–H and O–H groups in total. The number of halogens is 2. The number of hydrogen-bond acceptors (Lipinski definition) is 2. The van der Waals surface area contributed by atoms with Crippen LogP contribution in [0.4, 0.5) is 10.1 Å². The average molecular weight is 361 g/mol. The van der Waals surface area contributed by atoms with Crippen LogP contribution in [0.3, 0.4) is 0 Å². The first-order valence-electron chi connectivity index (χ1n) is 8.12. The number of carbonyl (C=O) groups excluding carboxylic acids is 2. The smallest absolute Gasteiger partial charge is 0.253 e. The van der Waals surface area contributed by atoms with Gasteiger partial charge in [0.15, 0.2) is 0 Å². The number of rotatable bonds is 4. The van der Waals surface area contributed by atoms with Gasteiger partial charge in [0, 0.05) is 18.0 Å². The quantitative estimate of drug-likeness (QED) is 0.892. The van der Waals surface area contributed by atoms with E-state index in [1.807, 2.05) is 6.92 Å². The minimum Gasteiger partial charge on any atom is -0.345 e. The van der Waals surface area contributed by atoms with E-state index >= 15 is 0 Å². The molecule has 1 saturated heterocycles. The molecule has 1 heterocycles. The van der Waals surface area contributed by atoms with Gasteiger partial charge in [0.05, 0.1) is 17.3 Å². The molecule has 2 aromatic rings. The third-order valence-electron chi connectivity index (χ3n) is 4.29. The van der Waals surface area contributed by atoms with Crippen LogP contribution >= 0.6 is 11.6 Å². The molecular weight excluding hydrogens is 343 g/mol. The number of nitrogens with zero attached hydrogens (tertiary/aromatic N) is 1. The highest BCUT2D eigenvalue weighted by atomic mass is 35.5. The lowest BCUT2D eigenvalue weighted by Gasteiger charge is -2.21. The Morgan fingerprint density at radius 1 is 1.24 bits per heavy atom. The Balaban J connectivity index is 1.84. The van der Waals surface area contributed by atoms with Crippen molar-refractivity contribution in [3.8, 4) is 0 Å². The Kier molecular flexibility index (Phi) is 5.04. The lowest BCUT2D eigenvalue weighted by atomic mass is 10.1. The minimum atomic E-state index is -0.324. The zero-order valence-electron chi connectivity index (χ0n) is 13.8. The van der Waals surface area contributed by atoms with Crippen molar-refractivity contribution in [2.45, 2.75) is 25.8 Å². The second-order valence-electron chi connectivity index (χ2n) is 6.06. The Bertz CT molecular complexity index is 808. The third kappa shape index (κ3) is 3.82. The lowest BCUT2D eigenvalue weighted by molar-refractivity contribution is -0.117. The maximum atomic E-state index is 13.0. The van der Waals surface area contributed by atoms with Crippen molar-refractivity contribution in [1.29, 1.82) is 0 Å². The highest BCUT2D eigenvalue weighted by molar-refractivity contribution is 6.31. The van der Waals surface area contributed by atoms with Gasteiger partial charge in [-0.25, -0.2) is 4.39 Å². The predicted molar refractivity (Wildman–Crippen MR) is 95.3 cm³/mol. The topological polar surface area (TPSA) is 49.4 Å². The van der Waals surface area contributed by atoms with Crippen LogP contribution in [0.15, 0.2) is 42.5 Å². The maximum absolute atomic E-state index is 13.0. The van der Waals surface area contributed by atoms with Gasteiger partial charge in [-0.15, -0.1) is 0 Å². The Labute approximate surface area is 150 Å². The van der Waals surface area contributed by atoms with Gasteiger partial charge >= 0.3 is 0 Å². The van der Waals surface area contributed by atoms with Crippen molar-refractivity contribution in [1.82, 2.24) is 5.32 Å². The molecular formula is C19H18ClFN2O2. The molecule has 1 fully saturated rings. The fourth-order valence-corrected chi connectivity index (χ4v) is 3.10. The summed E-state index contributed by atoms with van der Waals surface area (Å²) in [6, 6.07) is 10.6. The molecule has 0 aromatic heterocycles. The first kappa shape index (κ1) is 17.4. The van der Waals surface area contributed by atoms with Gasteiger partial charge in [0.1, 0.15) is 5.82 Å². The third-order valence-corrected chi connectivity index (χ3v) is 4.52. The van der Waals surface area contributed by atoms with Crippen LogP contribution < -0.4 is 10.2 Å². The normalized spacial score (nSPS) is 15.3. The molecule has 6 heteroatoms. The van der Waals surface area contributed by atoms with E-state index in [2.05, 4.69) is 5.32 Å². The average Bonchev–Trinajstić information content (AvgIpc) is 3.01. The first-order valence-corrected chi connectivity index (χ1v) is 8.50. The summed E-state index contributed by atoms with van der Waals surface area (Å²) >= 11 is 6.06. The van der Waals surface area contributed by atoms with Crippen molar-refractivity contribution in [2.24, 2.45) is 0 Å². The van der Waals surface area contributed by atoms with Crippen molar-refractivity contribution in [3.05, 3.63) is 64.4 Å². The zero-order chi connectivity index (χ0) is 18.0. The number of nitrogens with one attached hydrogen (secondary N) is 1. The van der Waals surface area contributed by atoms with Gasteiger partial charge < -0.3 is 10.2 Å². The molecule has 3 rings (SSSR count). The van der Waals surface area contributed by atoms with Crippen LogP contribution in [0.1, 0.15) is 41.7 Å². The summed E-state index contributed by atoms with van der Waals surface area (Å²) in [4.78, 5) is 26.4. The Morgan fingerprint density at radius 2 is 1.96 bits per heavy atom. The second kappa shape index (κ2) is 7.23. The molecule has 1 aliphatic rings. The summed E-state index contributed by atoms with van der Waals surface area (Å²) in [5.74, 6) is -0.638. The second-order valence-corrected chi connectivity index (χ2v) is 6.49. The number of carbonyl (C=O) groups is 2. The van der Waals surface area contributed by atoms with Gasteiger partial charge in [-0.05, 0) is 49.2 Å². The molecule has 0 radical (unpaired) electrons. The summed E-state index contributed by atoms with van der Waals surface area (Å²) in [5, 5.41) is 3.36. The van der Waals surface area contributed by atoms with Crippen LogP contribution in [0.5, 0.6) is 0 Å². The van der Waals surface area contributed by atoms with E-state index in [4.69, 9.17) is 11.6 Å². The molecule has 4 nitrogen and oxygen atoms in total. The summed E-state index contributed by atoms with van der Waals surface area (Å²) in [7, 11) is 0. The maximum Gasteiger partial charge on any atom is 0.253 e. The van der Waals surface area contributed by atoms with Crippen molar-refractivity contribution in [3.63, 3.8) is 0 Å². The largest absolute Gasteiger partial charge is 0.345 e. The molecule has 1 atom stereocenters. The van der Waals surface area contributed by atoms with E-state index in [1.54, 1.807) is 35.2 Å². The number of benzene rings is 2. The molecule has 2 aromatic carbocycles. The van der Waals surface area contributed by atoms with Gasteiger partial charge in [-0.1, -0.05) is 23.7 Å². The molecule has 0 aliphatic carbocycles. The van der Waals surface area contributed by atoms with E-state index in [0.29, 0.717) is 29.2 Å². The standard InChI is InChI=1S/C19H18ClFN2O2/c1-12(13-4-7-15(21)8-5-13)22-19(25)16-9-6-14(20)11-17(16)23-10-2-3-18(23)24/h4-9,11-12H,2-3,10H2,1H3,(H,22,25). The molecule has 0 saturated carbocycles. The Hall–Kier alpha value is -2.40. The fraction of sp³-hybridized carbons (Fsp3) is 0.263. The summed E-state index contributed by atoms with van der Waals surface area (Å²) < 4.78 is 13.0. The highest BCUT2D eigenvalue weighted by Crippen LogP contribution is 2.29. The van der Waals surface area contributed by atoms with Crippen LogP contribution in [-0.2, 0) is 4.79 Å². The van der Waals surface area contributed by atoms with E-state index in [0.717, 1.165) is 12.0 Å². The number of anilines is 1. The molecule has 25 heavy (non-hydrogen) atoms. The molecule has 2 amide bonds. The first-order chi connectivity index (χ1) is 12.0. The van der Waals surface area contributed by atoms with E-state index in [-0.39, 0.29) is 23.7 Å². The lowest BCUT2D eigenvalue weighted by Crippen LogP contribution is -2.31. The predicted octanol–water partition coefficient (Wildman–Crippen LogP) is 4.10. The van der Waals surface area contributed by atoms with Crippen molar-refractivity contribution >= 4 is 29.1 Å². The SMILES string of the molecule is CC(NC(=O)c1ccc(Cl)cc1N1CCCC1=O)c1ccc(F)cc1. The fourth-order valence-electron chi connectivity index (χ4n) is 2.93. The van der Waals surface area contributed by atoms with Crippen LogP contribution in [-0.4, -0.2) is 18.4 Å². The van der Waals surface area contributed by atoms with Gasteiger partial charge in [-0.3, -0.25) is 9.59 Å². The molecule has 0 spiro atoms. The van der Waals surface area contributed by atoms with E-state index in [9.17, 15) is 14.0 Å². The van der Waals surface area contributed by atoms with E-state index < -0.39 is 0 Å². The van der Waals surface area contributed by atoms with Gasteiger partial charge in [0.25, 0.3) is 5.91 Å². The summed E-state index contributed by atoms with van der Waals surface area (Å²) in [6.07, 6.45) is 1.23. The molecule has 0 bridgehead atoms. The summed E-state index contributed by atoms with van der Waals surface area (Å²) in [6.45, 7) is 2.40. The van der Waals surface area contributed by atoms with Crippen molar-refractivity contribution < 1.29 is 14.0 Å². The monoisotopic (exact) mass is 360 g/mol. The molecule has 1 unspecified atom stereocenters. The van der Waals surface area contributed by atoms with Crippen LogP contribution in [0.25, 0.3) is 0 Å². The van der Waals surface area contributed by atoms with Crippen LogP contribution in [0, 0.1) is 5.82 Å². The minimum absolute atomic E-state index is 0.0112. The zero-order valence-corrected chi connectivity index (χ0v) is 14.5. The van der Waals surface area contributed by atoms with Gasteiger partial charge in [0.2, 0.25) is 5.91 Å². The van der Waals surface area contributed by atoms with Crippen LogP contribution in [0.2, 0.25) is 5.02 Å². The number of hydrogen-bond donors (Lipinski definition) is 1. The number of amides is 2.